The number of nitrogens with zero attached hydrogens (tertiary/aromatic N) is 4. The average molecular weight is 236 g/mol. The minimum atomic E-state index is -0.773. The van der Waals surface area contributed by atoms with E-state index in [1.54, 1.807) is 6.20 Å². The van der Waals surface area contributed by atoms with Crippen LogP contribution in [0.3, 0.4) is 0 Å². The molecule has 0 bridgehead atoms. The largest absolute Gasteiger partial charge is 0.480 e. The summed E-state index contributed by atoms with van der Waals surface area (Å²) in [4.78, 5) is 23.2. The summed E-state index contributed by atoms with van der Waals surface area (Å²) in [5.74, 6) is -0.0368. The van der Waals surface area contributed by atoms with Gasteiger partial charge >= 0.3 is 5.97 Å². The smallest absolute Gasteiger partial charge is 0.317 e. The Morgan fingerprint density at radius 1 is 1.41 bits per heavy atom. The molecule has 1 saturated heterocycles. The van der Waals surface area contributed by atoms with E-state index in [0.29, 0.717) is 0 Å². The molecule has 17 heavy (non-hydrogen) atoms. The van der Waals surface area contributed by atoms with E-state index in [2.05, 4.69) is 14.9 Å². The van der Waals surface area contributed by atoms with Gasteiger partial charge < -0.3 is 10.0 Å². The monoisotopic (exact) mass is 236 g/mol. The highest BCUT2D eigenvalue weighted by Crippen LogP contribution is 2.10. The van der Waals surface area contributed by atoms with Gasteiger partial charge in [-0.05, 0) is 13.0 Å². The molecule has 0 aromatic carbocycles. The van der Waals surface area contributed by atoms with Gasteiger partial charge in [-0.1, -0.05) is 0 Å². The van der Waals surface area contributed by atoms with E-state index in [1.807, 2.05) is 17.9 Å². The number of hydrogen-bond acceptors (Lipinski definition) is 5. The van der Waals surface area contributed by atoms with Gasteiger partial charge in [-0.15, -0.1) is 0 Å². The molecule has 1 fully saturated rings. The van der Waals surface area contributed by atoms with E-state index in [1.165, 1.54) is 0 Å². The Balaban J connectivity index is 1.93. The number of carboxylic acid groups (broad SMARTS) is 1. The molecule has 6 nitrogen and oxygen atoms in total. The molecule has 2 rings (SSSR count). The molecule has 0 aliphatic carbocycles. The first kappa shape index (κ1) is 11.8. The van der Waals surface area contributed by atoms with Crippen molar-refractivity contribution in [2.24, 2.45) is 0 Å². The summed E-state index contributed by atoms with van der Waals surface area (Å²) < 4.78 is 0. The van der Waals surface area contributed by atoms with Crippen LogP contribution in [0.2, 0.25) is 0 Å². The summed E-state index contributed by atoms with van der Waals surface area (Å²) in [5, 5.41) is 8.71. The normalized spacial score (nSPS) is 17.1. The predicted octanol–water partition coefficient (Wildman–Crippen LogP) is -0.00838. The zero-order valence-corrected chi connectivity index (χ0v) is 9.83. The highest BCUT2D eigenvalue weighted by Gasteiger charge is 2.20. The number of aliphatic carboxylic acids is 1. The van der Waals surface area contributed by atoms with Gasteiger partial charge in [0.15, 0.2) is 0 Å². The molecule has 0 spiro atoms. The molecule has 2 heterocycles. The van der Waals surface area contributed by atoms with Crippen molar-refractivity contribution in [2.75, 3.05) is 37.6 Å². The molecule has 1 aromatic rings. The summed E-state index contributed by atoms with van der Waals surface area (Å²) >= 11 is 0. The maximum absolute atomic E-state index is 10.6. The van der Waals surface area contributed by atoms with Gasteiger partial charge in [0, 0.05) is 38.1 Å². The third-order valence-corrected chi connectivity index (χ3v) is 2.80. The van der Waals surface area contributed by atoms with Crippen LogP contribution in [0.1, 0.15) is 5.69 Å². The first-order chi connectivity index (χ1) is 8.15. The summed E-state index contributed by atoms with van der Waals surface area (Å²) in [6.07, 6.45) is 1.75. The van der Waals surface area contributed by atoms with Crippen LogP contribution in [0.4, 0.5) is 5.95 Å². The zero-order valence-electron chi connectivity index (χ0n) is 9.83. The van der Waals surface area contributed by atoms with Crippen molar-refractivity contribution in [1.29, 1.82) is 0 Å². The summed E-state index contributed by atoms with van der Waals surface area (Å²) in [7, 11) is 0. The Bertz CT molecular complexity index is 402. The van der Waals surface area contributed by atoms with Crippen molar-refractivity contribution in [1.82, 2.24) is 14.9 Å². The lowest BCUT2D eigenvalue weighted by Gasteiger charge is -2.33. The maximum Gasteiger partial charge on any atom is 0.317 e. The van der Waals surface area contributed by atoms with Gasteiger partial charge in [0.25, 0.3) is 0 Å². The van der Waals surface area contributed by atoms with Gasteiger partial charge in [-0.3, -0.25) is 9.69 Å². The Labute approximate surface area is 99.9 Å². The minimum absolute atomic E-state index is 0.114. The van der Waals surface area contributed by atoms with Crippen LogP contribution in [-0.4, -0.2) is 58.7 Å². The van der Waals surface area contributed by atoms with Crippen LogP contribution >= 0.6 is 0 Å². The van der Waals surface area contributed by atoms with E-state index in [0.717, 1.165) is 37.8 Å². The van der Waals surface area contributed by atoms with Crippen LogP contribution in [0, 0.1) is 6.92 Å². The lowest BCUT2D eigenvalue weighted by atomic mass is 10.3. The van der Waals surface area contributed by atoms with Crippen molar-refractivity contribution in [2.45, 2.75) is 6.92 Å². The molecule has 0 atom stereocenters. The molecular formula is C11H16N4O2. The SMILES string of the molecule is Cc1ccnc(N2CCN(CC(=O)O)CC2)n1. The van der Waals surface area contributed by atoms with Crippen molar-refractivity contribution in [3.63, 3.8) is 0 Å². The van der Waals surface area contributed by atoms with E-state index in [4.69, 9.17) is 5.11 Å². The number of aryl methyl sites for hydroxylation is 1. The van der Waals surface area contributed by atoms with Crippen molar-refractivity contribution in [3.05, 3.63) is 18.0 Å². The first-order valence-corrected chi connectivity index (χ1v) is 5.64. The Morgan fingerprint density at radius 3 is 2.71 bits per heavy atom. The molecule has 0 saturated carbocycles. The molecule has 1 aromatic heterocycles. The second kappa shape index (κ2) is 5.09. The molecule has 1 aliphatic heterocycles. The van der Waals surface area contributed by atoms with Crippen LogP contribution in [0.25, 0.3) is 0 Å². The molecule has 0 amide bonds. The van der Waals surface area contributed by atoms with Gasteiger partial charge in [0.1, 0.15) is 0 Å². The second-order valence-electron chi connectivity index (χ2n) is 4.15. The number of anilines is 1. The van der Waals surface area contributed by atoms with Crippen LogP contribution in [0.5, 0.6) is 0 Å². The lowest BCUT2D eigenvalue weighted by molar-refractivity contribution is -0.138. The van der Waals surface area contributed by atoms with Gasteiger partial charge in [0.05, 0.1) is 6.54 Å². The Kier molecular flexibility index (Phi) is 3.53. The van der Waals surface area contributed by atoms with E-state index < -0.39 is 5.97 Å². The van der Waals surface area contributed by atoms with Crippen LogP contribution < -0.4 is 4.90 Å². The van der Waals surface area contributed by atoms with Crippen LogP contribution in [-0.2, 0) is 4.79 Å². The number of rotatable bonds is 3. The highest BCUT2D eigenvalue weighted by molar-refractivity contribution is 5.69. The molecule has 6 heteroatoms. The standard InChI is InChI=1S/C11H16N4O2/c1-9-2-3-12-11(13-9)15-6-4-14(5-7-15)8-10(16)17/h2-3H,4-8H2,1H3,(H,16,17). The maximum atomic E-state index is 10.6. The topological polar surface area (TPSA) is 69.6 Å². The number of aromatic nitrogens is 2. The summed E-state index contributed by atoms with van der Waals surface area (Å²) in [5.41, 5.74) is 0.947. The van der Waals surface area contributed by atoms with E-state index in [9.17, 15) is 4.79 Å². The highest BCUT2D eigenvalue weighted by atomic mass is 16.4. The average Bonchev–Trinajstić information content (AvgIpc) is 2.29. The molecule has 0 radical (unpaired) electrons. The minimum Gasteiger partial charge on any atom is -0.480 e. The molecule has 1 N–H and O–H groups in total. The Morgan fingerprint density at radius 2 is 2.12 bits per heavy atom. The van der Waals surface area contributed by atoms with E-state index >= 15 is 0 Å². The van der Waals surface area contributed by atoms with Crippen molar-refractivity contribution >= 4 is 11.9 Å². The first-order valence-electron chi connectivity index (χ1n) is 5.64. The third kappa shape index (κ3) is 3.13. The van der Waals surface area contributed by atoms with Crippen LogP contribution in [0.15, 0.2) is 12.3 Å². The van der Waals surface area contributed by atoms with Gasteiger partial charge in [-0.2, -0.15) is 0 Å². The summed E-state index contributed by atoms with van der Waals surface area (Å²) in [6.45, 7) is 5.08. The molecular weight excluding hydrogens is 220 g/mol. The quantitative estimate of drug-likeness (QED) is 0.796. The van der Waals surface area contributed by atoms with Gasteiger partial charge in [-0.25, -0.2) is 9.97 Å². The molecule has 1 aliphatic rings. The lowest BCUT2D eigenvalue weighted by Crippen LogP contribution is -2.48. The Hall–Kier alpha value is -1.69. The zero-order chi connectivity index (χ0) is 12.3. The van der Waals surface area contributed by atoms with E-state index in [-0.39, 0.29) is 6.54 Å². The van der Waals surface area contributed by atoms with Crippen molar-refractivity contribution in [3.8, 4) is 0 Å². The number of carboxylic acids is 1. The fourth-order valence-corrected chi connectivity index (χ4v) is 1.89. The fourth-order valence-electron chi connectivity index (χ4n) is 1.89. The second-order valence-corrected chi connectivity index (χ2v) is 4.15. The predicted molar refractivity (Wildman–Crippen MR) is 63.1 cm³/mol. The molecule has 0 unspecified atom stereocenters. The third-order valence-electron chi connectivity index (χ3n) is 2.80. The summed E-state index contributed by atoms with van der Waals surface area (Å²) in [6, 6.07) is 1.87. The number of hydrogen-bond donors (Lipinski definition) is 1. The van der Waals surface area contributed by atoms with Gasteiger partial charge in [0.2, 0.25) is 5.95 Å². The van der Waals surface area contributed by atoms with Crippen molar-refractivity contribution < 1.29 is 9.90 Å². The molecule has 92 valence electrons. The number of carbonyl (C=O) groups is 1. The number of piperazine rings is 1. The fraction of sp³-hybridized carbons (Fsp3) is 0.545.